The number of piperidine rings is 1. The van der Waals surface area contributed by atoms with Gasteiger partial charge < -0.3 is 5.32 Å². The summed E-state index contributed by atoms with van der Waals surface area (Å²) in [5, 5.41) is 3.54. The Balaban J connectivity index is 1.57. The van der Waals surface area contributed by atoms with Gasteiger partial charge >= 0.3 is 0 Å². The number of hydrogen-bond donors (Lipinski definition) is 1. The van der Waals surface area contributed by atoms with Crippen molar-refractivity contribution < 1.29 is 8.42 Å². The Morgan fingerprint density at radius 3 is 2.57 bits per heavy atom. The summed E-state index contributed by atoms with van der Waals surface area (Å²) in [6.45, 7) is 4.39. The van der Waals surface area contributed by atoms with Crippen molar-refractivity contribution in [3.05, 3.63) is 0 Å². The van der Waals surface area contributed by atoms with Gasteiger partial charge in [-0.25, -0.2) is 0 Å². The summed E-state index contributed by atoms with van der Waals surface area (Å²) < 4.78 is 28.9. The lowest BCUT2D eigenvalue weighted by atomic mass is 10.00. The highest BCUT2D eigenvalue weighted by molar-refractivity contribution is 7.86. The second kappa shape index (κ2) is 6.14. The number of nitrogens with one attached hydrogen (secondary N) is 1. The molecule has 21 heavy (non-hydrogen) atoms. The van der Waals surface area contributed by atoms with Crippen molar-refractivity contribution in [1.29, 1.82) is 0 Å². The van der Waals surface area contributed by atoms with Crippen LogP contribution in [0.25, 0.3) is 0 Å². The number of nitrogens with zero attached hydrogens (tertiary/aromatic N) is 2. The summed E-state index contributed by atoms with van der Waals surface area (Å²) in [5.74, 6) is 1.04. The van der Waals surface area contributed by atoms with Gasteiger partial charge in [-0.15, -0.1) is 0 Å². The van der Waals surface area contributed by atoms with Crippen molar-refractivity contribution in [3.63, 3.8) is 0 Å². The van der Waals surface area contributed by atoms with Crippen molar-refractivity contribution >= 4 is 10.2 Å². The zero-order valence-corrected chi connectivity index (χ0v) is 14.1. The fourth-order valence-corrected chi connectivity index (χ4v) is 5.01. The van der Waals surface area contributed by atoms with Gasteiger partial charge in [0.25, 0.3) is 10.2 Å². The molecule has 122 valence electrons. The van der Waals surface area contributed by atoms with Crippen LogP contribution in [-0.4, -0.2) is 55.8 Å². The molecule has 0 radical (unpaired) electrons. The zero-order chi connectivity index (χ0) is 15.0. The van der Waals surface area contributed by atoms with Crippen LogP contribution in [-0.2, 0) is 10.2 Å². The predicted octanol–water partition coefficient (Wildman–Crippen LogP) is 1.43. The Bertz CT molecular complexity index is 460. The second-order valence-electron chi connectivity index (χ2n) is 7.15. The van der Waals surface area contributed by atoms with Gasteiger partial charge in [0, 0.05) is 32.2 Å². The van der Waals surface area contributed by atoms with Crippen LogP contribution < -0.4 is 5.32 Å². The molecule has 2 saturated carbocycles. The molecular formula is C15H29N3O2S. The van der Waals surface area contributed by atoms with Crippen LogP contribution in [0.4, 0.5) is 0 Å². The van der Waals surface area contributed by atoms with E-state index < -0.39 is 10.2 Å². The Morgan fingerprint density at radius 1 is 1.24 bits per heavy atom. The summed E-state index contributed by atoms with van der Waals surface area (Å²) in [4.78, 5) is 0. The lowest BCUT2D eigenvalue weighted by molar-refractivity contribution is 0.235. The zero-order valence-electron chi connectivity index (χ0n) is 13.3. The summed E-state index contributed by atoms with van der Waals surface area (Å²) in [7, 11) is -1.53. The normalized spacial score (nSPS) is 29.8. The molecule has 5 nitrogen and oxygen atoms in total. The first-order chi connectivity index (χ1) is 9.98. The molecule has 3 aliphatic rings. The maximum Gasteiger partial charge on any atom is 0.281 e. The second-order valence-corrected chi connectivity index (χ2v) is 9.14. The van der Waals surface area contributed by atoms with Crippen LogP contribution in [0.15, 0.2) is 0 Å². The third-order valence-corrected chi connectivity index (χ3v) is 7.37. The molecule has 1 heterocycles. The van der Waals surface area contributed by atoms with E-state index in [2.05, 4.69) is 5.32 Å². The fourth-order valence-electron chi connectivity index (χ4n) is 3.29. The molecular weight excluding hydrogens is 286 g/mol. The van der Waals surface area contributed by atoms with Crippen LogP contribution in [0.5, 0.6) is 0 Å². The quantitative estimate of drug-likeness (QED) is 0.773. The third-order valence-electron chi connectivity index (χ3n) is 5.32. The Morgan fingerprint density at radius 2 is 1.95 bits per heavy atom. The third kappa shape index (κ3) is 3.78. The molecule has 3 fully saturated rings. The van der Waals surface area contributed by atoms with Crippen molar-refractivity contribution in [2.45, 2.75) is 57.5 Å². The van der Waals surface area contributed by atoms with E-state index in [9.17, 15) is 8.42 Å². The van der Waals surface area contributed by atoms with Crippen molar-refractivity contribution in [3.8, 4) is 0 Å². The molecule has 0 aromatic heterocycles. The molecule has 3 rings (SSSR count). The highest BCUT2D eigenvalue weighted by Gasteiger charge is 2.39. The summed E-state index contributed by atoms with van der Waals surface area (Å²) in [5.41, 5.74) is 0. The maximum atomic E-state index is 12.8. The molecule has 1 aliphatic heterocycles. The fraction of sp³-hybridized carbons (Fsp3) is 1.00. The van der Waals surface area contributed by atoms with E-state index in [0.29, 0.717) is 31.0 Å². The van der Waals surface area contributed by atoms with Crippen LogP contribution in [0.1, 0.15) is 45.4 Å². The van der Waals surface area contributed by atoms with Crippen molar-refractivity contribution in [2.75, 3.05) is 26.7 Å². The molecule has 2 atom stereocenters. The van der Waals surface area contributed by atoms with E-state index in [1.165, 1.54) is 25.7 Å². The Labute approximate surface area is 129 Å². The highest BCUT2D eigenvalue weighted by atomic mass is 32.2. The van der Waals surface area contributed by atoms with Gasteiger partial charge in [-0.2, -0.15) is 17.0 Å². The van der Waals surface area contributed by atoms with E-state index in [0.717, 1.165) is 19.4 Å². The average molecular weight is 315 g/mol. The SMILES string of the molecule is CC(C1CC1)N(C)S(=O)(=O)N1CCCC(CNC2CC2)C1. The van der Waals surface area contributed by atoms with E-state index in [-0.39, 0.29) is 6.04 Å². The highest BCUT2D eigenvalue weighted by Crippen LogP contribution is 2.36. The predicted molar refractivity (Wildman–Crippen MR) is 84.2 cm³/mol. The minimum atomic E-state index is -3.28. The van der Waals surface area contributed by atoms with Gasteiger partial charge in [-0.05, 0) is 63.8 Å². The monoisotopic (exact) mass is 315 g/mol. The number of rotatable bonds is 7. The van der Waals surface area contributed by atoms with E-state index in [1.54, 1.807) is 15.7 Å². The van der Waals surface area contributed by atoms with Gasteiger partial charge in [0.05, 0.1) is 0 Å². The lowest BCUT2D eigenvalue weighted by Crippen LogP contribution is -2.50. The topological polar surface area (TPSA) is 52.7 Å². The van der Waals surface area contributed by atoms with Crippen molar-refractivity contribution in [1.82, 2.24) is 13.9 Å². The van der Waals surface area contributed by atoms with Gasteiger partial charge in [0.1, 0.15) is 0 Å². The van der Waals surface area contributed by atoms with Gasteiger partial charge in [0.2, 0.25) is 0 Å². The molecule has 2 unspecified atom stereocenters. The largest absolute Gasteiger partial charge is 0.314 e. The van der Waals surface area contributed by atoms with Crippen LogP contribution in [0.2, 0.25) is 0 Å². The molecule has 2 aliphatic carbocycles. The van der Waals surface area contributed by atoms with E-state index >= 15 is 0 Å². The molecule has 0 amide bonds. The molecule has 0 aromatic carbocycles. The van der Waals surface area contributed by atoms with Gasteiger partial charge in [-0.1, -0.05) is 0 Å². The Kier molecular flexibility index (Phi) is 4.60. The first kappa shape index (κ1) is 15.7. The molecule has 6 heteroatoms. The number of hydrogen-bond acceptors (Lipinski definition) is 3. The van der Waals surface area contributed by atoms with E-state index in [4.69, 9.17) is 0 Å². The van der Waals surface area contributed by atoms with Crippen molar-refractivity contribution in [2.24, 2.45) is 11.8 Å². The smallest absolute Gasteiger partial charge is 0.281 e. The van der Waals surface area contributed by atoms with Gasteiger partial charge in [0.15, 0.2) is 0 Å². The standard InChI is InChI=1S/C15H29N3O2S/c1-12(14-5-6-14)17(2)21(19,20)18-9-3-4-13(11-18)10-16-15-7-8-15/h12-16H,3-11H2,1-2H3. The molecule has 1 N–H and O–H groups in total. The minimum Gasteiger partial charge on any atom is -0.314 e. The molecule has 0 aromatic rings. The van der Waals surface area contributed by atoms with Crippen LogP contribution in [0, 0.1) is 11.8 Å². The average Bonchev–Trinajstić information content (AvgIpc) is 3.37. The molecule has 0 spiro atoms. The molecule has 0 bridgehead atoms. The Hall–Kier alpha value is -0.170. The first-order valence-electron chi connectivity index (χ1n) is 8.45. The maximum absolute atomic E-state index is 12.8. The summed E-state index contributed by atoms with van der Waals surface area (Å²) in [6.07, 6.45) is 7.06. The lowest BCUT2D eigenvalue weighted by Gasteiger charge is -2.36. The van der Waals surface area contributed by atoms with Gasteiger partial charge in [-0.3, -0.25) is 0 Å². The first-order valence-corrected chi connectivity index (χ1v) is 9.84. The van der Waals surface area contributed by atoms with Crippen LogP contribution in [0.3, 0.4) is 0 Å². The summed E-state index contributed by atoms with van der Waals surface area (Å²) in [6, 6.07) is 0.842. The summed E-state index contributed by atoms with van der Waals surface area (Å²) >= 11 is 0. The van der Waals surface area contributed by atoms with E-state index in [1.807, 2.05) is 6.92 Å². The minimum absolute atomic E-state index is 0.139. The molecule has 1 saturated heterocycles. The van der Waals surface area contributed by atoms with Crippen LogP contribution >= 0.6 is 0 Å².